The van der Waals surface area contributed by atoms with E-state index < -0.39 is 12.1 Å². The van der Waals surface area contributed by atoms with Crippen LogP contribution in [0.25, 0.3) is 10.9 Å². The molecule has 0 radical (unpaired) electrons. The first-order chi connectivity index (χ1) is 12.5. The molecule has 0 bridgehead atoms. The first-order valence-electron chi connectivity index (χ1n) is 8.46. The average molecular weight is 351 g/mol. The first-order valence-corrected chi connectivity index (χ1v) is 8.46. The van der Waals surface area contributed by atoms with E-state index in [0.717, 1.165) is 22.4 Å². The highest BCUT2D eigenvalue weighted by Gasteiger charge is 2.17. The second-order valence-electron chi connectivity index (χ2n) is 6.02. The molecule has 6 nitrogen and oxygen atoms in total. The Kier molecular flexibility index (Phi) is 5.02. The van der Waals surface area contributed by atoms with Gasteiger partial charge in [0.2, 0.25) is 0 Å². The number of aryl methyl sites for hydroxylation is 1. The van der Waals surface area contributed by atoms with E-state index in [1.807, 2.05) is 55.3 Å². The molecule has 3 rings (SSSR count). The van der Waals surface area contributed by atoms with Gasteiger partial charge >= 0.3 is 5.97 Å². The van der Waals surface area contributed by atoms with E-state index >= 15 is 0 Å². The molecule has 1 N–H and O–H groups in total. The molecule has 2 aromatic carbocycles. The molecule has 3 aromatic rings. The van der Waals surface area contributed by atoms with E-state index in [-0.39, 0.29) is 0 Å². The van der Waals surface area contributed by atoms with E-state index in [1.54, 1.807) is 19.1 Å². The fraction of sp³-hybridized carbons (Fsp3) is 0.250. The van der Waals surface area contributed by atoms with Crippen molar-refractivity contribution in [2.75, 3.05) is 11.9 Å². The Hall–Kier alpha value is -3.15. The number of para-hydroxylation sites is 1. The number of aromatic nitrogens is 2. The molecule has 134 valence electrons. The van der Waals surface area contributed by atoms with Crippen LogP contribution in [-0.4, -0.2) is 34.2 Å². The molecule has 0 amide bonds. The zero-order valence-electron chi connectivity index (χ0n) is 15.0. The van der Waals surface area contributed by atoms with E-state index in [1.165, 1.54) is 0 Å². The van der Waals surface area contributed by atoms with Crippen molar-refractivity contribution in [2.45, 2.75) is 26.4 Å². The molecular formula is C20H21N3O3. The third-order valence-electron chi connectivity index (χ3n) is 4.16. The quantitative estimate of drug-likeness (QED) is 0.725. The molecule has 6 heteroatoms. The van der Waals surface area contributed by atoms with Crippen LogP contribution < -0.4 is 9.64 Å². The van der Waals surface area contributed by atoms with Gasteiger partial charge in [-0.3, -0.25) is 0 Å². The van der Waals surface area contributed by atoms with Crippen molar-refractivity contribution in [1.29, 1.82) is 0 Å². The van der Waals surface area contributed by atoms with Gasteiger partial charge in [0.1, 0.15) is 17.4 Å². The number of rotatable bonds is 6. The number of fused-ring (bicyclic) bond motifs is 1. The van der Waals surface area contributed by atoms with E-state index in [0.29, 0.717) is 18.0 Å². The summed E-state index contributed by atoms with van der Waals surface area (Å²) in [6.07, 6.45) is -0.435. The lowest BCUT2D eigenvalue weighted by atomic mass is 10.2. The van der Waals surface area contributed by atoms with Gasteiger partial charge in [0, 0.05) is 18.1 Å². The Morgan fingerprint density at radius 1 is 1.15 bits per heavy atom. The number of aliphatic carboxylic acids is 1. The number of carbonyl (C=O) groups is 1. The summed E-state index contributed by atoms with van der Waals surface area (Å²) in [6.45, 7) is 3.65. The van der Waals surface area contributed by atoms with E-state index in [2.05, 4.69) is 9.97 Å². The number of carboxylic acid groups (broad SMARTS) is 1. The highest BCUT2D eigenvalue weighted by atomic mass is 16.5. The SMILES string of the molecule is CCC(Oc1ccc(N(C)c2nc(C)nc3ccccc23)cc1)C(=O)O. The minimum Gasteiger partial charge on any atom is -0.479 e. The minimum atomic E-state index is -0.961. The molecule has 0 aliphatic heterocycles. The fourth-order valence-corrected chi connectivity index (χ4v) is 2.77. The zero-order chi connectivity index (χ0) is 18.7. The number of hydrogen-bond acceptors (Lipinski definition) is 5. The van der Waals surface area contributed by atoms with Crippen LogP contribution in [0.3, 0.4) is 0 Å². The van der Waals surface area contributed by atoms with Crippen molar-refractivity contribution in [2.24, 2.45) is 0 Å². The molecule has 0 spiro atoms. The smallest absolute Gasteiger partial charge is 0.344 e. The molecule has 0 aliphatic rings. The predicted molar refractivity (Wildman–Crippen MR) is 101 cm³/mol. The van der Waals surface area contributed by atoms with E-state index in [9.17, 15) is 4.79 Å². The number of carboxylic acids is 1. The zero-order valence-corrected chi connectivity index (χ0v) is 15.0. The average Bonchev–Trinajstić information content (AvgIpc) is 2.65. The molecule has 26 heavy (non-hydrogen) atoms. The van der Waals surface area contributed by atoms with Crippen LogP contribution in [0.5, 0.6) is 5.75 Å². The maximum atomic E-state index is 11.1. The molecule has 0 saturated carbocycles. The number of benzene rings is 2. The summed E-state index contributed by atoms with van der Waals surface area (Å²) >= 11 is 0. The van der Waals surface area contributed by atoms with Gasteiger partial charge in [0.05, 0.1) is 5.52 Å². The minimum absolute atomic E-state index is 0.406. The molecule has 0 aliphatic carbocycles. The van der Waals surface area contributed by atoms with Crippen molar-refractivity contribution < 1.29 is 14.6 Å². The summed E-state index contributed by atoms with van der Waals surface area (Å²) in [5.74, 6) is 1.09. The summed E-state index contributed by atoms with van der Waals surface area (Å²) in [7, 11) is 1.94. The molecule has 0 saturated heterocycles. The lowest BCUT2D eigenvalue weighted by molar-refractivity contribution is -0.145. The van der Waals surface area contributed by atoms with Crippen molar-refractivity contribution in [3.8, 4) is 5.75 Å². The van der Waals surface area contributed by atoms with Crippen molar-refractivity contribution >= 4 is 28.4 Å². The van der Waals surface area contributed by atoms with Crippen LogP contribution in [0.15, 0.2) is 48.5 Å². The number of ether oxygens (including phenoxy) is 1. The summed E-state index contributed by atoms with van der Waals surface area (Å²) in [5.41, 5.74) is 1.82. The standard InChI is InChI=1S/C20H21N3O3/c1-4-18(20(24)25)26-15-11-9-14(10-12-15)23(3)19-16-7-5-6-8-17(16)21-13(2)22-19/h5-12,18H,4H2,1-3H3,(H,24,25). The summed E-state index contributed by atoms with van der Waals surface area (Å²) in [6, 6.07) is 15.2. The van der Waals surface area contributed by atoms with Gasteiger partial charge in [-0.05, 0) is 49.7 Å². The highest BCUT2D eigenvalue weighted by molar-refractivity contribution is 5.91. The fourth-order valence-electron chi connectivity index (χ4n) is 2.77. The van der Waals surface area contributed by atoms with Crippen LogP contribution in [0.1, 0.15) is 19.2 Å². The predicted octanol–water partition coefficient (Wildman–Crippen LogP) is 3.95. The number of anilines is 2. The number of hydrogen-bond donors (Lipinski definition) is 1. The second kappa shape index (κ2) is 7.39. The Labute approximate surface area is 152 Å². The highest BCUT2D eigenvalue weighted by Crippen LogP contribution is 2.30. The van der Waals surface area contributed by atoms with Gasteiger partial charge in [-0.25, -0.2) is 14.8 Å². The third kappa shape index (κ3) is 3.59. The van der Waals surface area contributed by atoms with Crippen LogP contribution in [0.2, 0.25) is 0 Å². The largest absolute Gasteiger partial charge is 0.479 e. The maximum absolute atomic E-state index is 11.1. The van der Waals surface area contributed by atoms with Crippen LogP contribution >= 0.6 is 0 Å². The molecule has 1 atom stereocenters. The lowest BCUT2D eigenvalue weighted by Gasteiger charge is -2.21. The molecule has 0 fully saturated rings. The van der Waals surface area contributed by atoms with Gasteiger partial charge < -0.3 is 14.7 Å². The van der Waals surface area contributed by atoms with E-state index in [4.69, 9.17) is 9.84 Å². The summed E-state index contributed by atoms with van der Waals surface area (Å²) in [5, 5.41) is 10.1. The Balaban J connectivity index is 1.89. The van der Waals surface area contributed by atoms with Crippen LogP contribution in [-0.2, 0) is 4.79 Å². The van der Waals surface area contributed by atoms with Gasteiger partial charge in [0.15, 0.2) is 6.10 Å². The summed E-state index contributed by atoms with van der Waals surface area (Å²) < 4.78 is 5.51. The topological polar surface area (TPSA) is 75.5 Å². The lowest BCUT2D eigenvalue weighted by Crippen LogP contribution is -2.25. The summed E-state index contributed by atoms with van der Waals surface area (Å²) in [4.78, 5) is 22.1. The monoisotopic (exact) mass is 351 g/mol. The first kappa shape index (κ1) is 17.7. The Bertz CT molecular complexity index is 925. The maximum Gasteiger partial charge on any atom is 0.344 e. The Morgan fingerprint density at radius 2 is 1.85 bits per heavy atom. The van der Waals surface area contributed by atoms with Gasteiger partial charge in [-0.2, -0.15) is 0 Å². The van der Waals surface area contributed by atoms with Crippen molar-refractivity contribution in [3.63, 3.8) is 0 Å². The van der Waals surface area contributed by atoms with Crippen molar-refractivity contribution in [1.82, 2.24) is 9.97 Å². The third-order valence-corrected chi connectivity index (χ3v) is 4.16. The second-order valence-corrected chi connectivity index (χ2v) is 6.02. The molecule has 1 aromatic heterocycles. The molecular weight excluding hydrogens is 330 g/mol. The normalized spacial score (nSPS) is 12.0. The van der Waals surface area contributed by atoms with Gasteiger partial charge in [-0.1, -0.05) is 19.1 Å². The van der Waals surface area contributed by atoms with Crippen molar-refractivity contribution in [3.05, 3.63) is 54.4 Å². The van der Waals surface area contributed by atoms with Crippen LogP contribution in [0.4, 0.5) is 11.5 Å². The van der Waals surface area contributed by atoms with Gasteiger partial charge in [-0.15, -0.1) is 0 Å². The number of nitrogens with zero attached hydrogens (tertiary/aromatic N) is 3. The Morgan fingerprint density at radius 3 is 2.50 bits per heavy atom. The van der Waals surface area contributed by atoms with Crippen LogP contribution in [0, 0.1) is 6.92 Å². The van der Waals surface area contributed by atoms with Gasteiger partial charge in [0.25, 0.3) is 0 Å². The molecule has 1 heterocycles. The molecule has 1 unspecified atom stereocenters.